The van der Waals surface area contributed by atoms with Crippen LogP contribution in [0.1, 0.15) is 10.6 Å². The lowest BCUT2D eigenvalue weighted by molar-refractivity contribution is 0.101. The summed E-state index contributed by atoms with van der Waals surface area (Å²) >= 11 is 0. The number of nitrogens with zero attached hydrogens (tertiary/aromatic N) is 6. The minimum Gasteiger partial charge on any atom is -0.304 e. The highest BCUT2D eigenvalue weighted by atomic mass is 16.2. The third-order valence-corrected chi connectivity index (χ3v) is 2.28. The van der Waals surface area contributed by atoms with Crippen LogP contribution in [-0.4, -0.2) is 26.6 Å². The fraction of sp³-hybridized carbons (Fsp3) is 0. The van der Waals surface area contributed by atoms with Crippen LogP contribution in [0.5, 0.6) is 0 Å². The molecule has 2 heterocycles. The van der Waals surface area contributed by atoms with E-state index in [-0.39, 0.29) is 11.5 Å². The number of hydrogen-bond acceptors (Lipinski definition) is 8. The Morgan fingerprint density at radius 1 is 1.14 bits per heavy atom. The van der Waals surface area contributed by atoms with E-state index in [1.54, 1.807) is 24.3 Å². The number of hydrazone groups is 1. The van der Waals surface area contributed by atoms with Crippen molar-refractivity contribution in [2.24, 2.45) is 5.10 Å². The van der Waals surface area contributed by atoms with Crippen molar-refractivity contribution in [2.45, 2.75) is 0 Å². The molecular formula is C13H8N8O. The van der Waals surface area contributed by atoms with Crippen LogP contribution >= 0.6 is 0 Å². The van der Waals surface area contributed by atoms with Gasteiger partial charge >= 0.3 is 0 Å². The second-order valence-corrected chi connectivity index (χ2v) is 3.75. The van der Waals surface area contributed by atoms with Gasteiger partial charge in [-0.25, -0.2) is 15.0 Å². The summed E-state index contributed by atoms with van der Waals surface area (Å²) in [6.07, 6.45) is 4.31. The van der Waals surface area contributed by atoms with E-state index in [2.05, 4.69) is 30.8 Å². The maximum Gasteiger partial charge on any atom is 0.294 e. The summed E-state index contributed by atoms with van der Waals surface area (Å²) in [7, 11) is 0. The van der Waals surface area contributed by atoms with Gasteiger partial charge in [-0.05, 0) is 18.2 Å². The van der Waals surface area contributed by atoms with Crippen LogP contribution in [0.2, 0.25) is 0 Å². The molecule has 0 bridgehead atoms. The van der Waals surface area contributed by atoms with Crippen LogP contribution in [0, 0.1) is 22.7 Å². The molecule has 0 saturated heterocycles. The Kier molecular flexibility index (Phi) is 4.68. The molecule has 2 rings (SSSR count). The van der Waals surface area contributed by atoms with Crippen molar-refractivity contribution in [3.05, 3.63) is 42.6 Å². The summed E-state index contributed by atoms with van der Waals surface area (Å²) in [6, 6.07) is 7.93. The fourth-order valence-corrected chi connectivity index (χ4v) is 1.32. The smallest absolute Gasteiger partial charge is 0.294 e. The van der Waals surface area contributed by atoms with E-state index in [1.807, 2.05) is 0 Å². The monoisotopic (exact) mass is 292 g/mol. The first kappa shape index (κ1) is 14.6. The Labute approximate surface area is 125 Å². The number of nitriles is 2. The van der Waals surface area contributed by atoms with Crippen molar-refractivity contribution >= 4 is 23.1 Å². The Hall–Kier alpha value is -3.85. The van der Waals surface area contributed by atoms with Crippen molar-refractivity contribution in [1.82, 2.24) is 15.0 Å². The lowest BCUT2D eigenvalue weighted by Gasteiger charge is -2.04. The Bertz CT molecular complexity index is 754. The van der Waals surface area contributed by atoms with Gasteiger partial charge in [0.05, 0.1) is 11.9 Å². The molecule has 1 amide bonds. The third-order valence-electron chi connectivity index (χ3n) is 2.28. The molecule has 0 atom stereocenters. The predicted octanol–water partition coefficient (Wildman–Crippen LogP) is 0.939. The van der Waals surface area contributed by atoms with E-state index < -0.39 is 5.91 Å². The van der Waals surface area contributed by atoms with Gasteiger partial charge in [-0.1, -0.05) is 0 Å². The molecule has 0 radical (unpaired) electrons. The molecule has 9 heteroatoms. The van der Waals surface area contributed by atoms with Gasteiger partial charge in [0, 0.05) is 12.4 Å². The highest BCUT2D eigenvalue weighted by Gasteiger charge is 2.08. The first-order valence-electron chi connectivity index (χ1n) is 5.91. The quantitative estimate of drug-likeness (QED) is 0.631. The second-order valence-electron chi connectivity index (χ2n) is 3.75. The number of nitrogens with one attached hydrogen (secondary N) is 2. The average molecular weight is 292 g/mol. The van der Waals surface area contributed by atoms with Crippen LogP contribution < -0.4 is 10.7 Å². The van der Waals surface area contributed by atoms with Crippen LogP contribution in [0.4, 0.5) is 11.5 Å². The Morgan fingerprint density at radius 2 is 1.86 bits per heavy atom. The number of anilines is 2. The molecule has 0 aromatic carbocycles. The Balaban J connectivity index is 2.01. The summed E-state index contributed by atoms with van der Waals surface area (Å²) in [5.41, 5.74) is 2.65. The molecule has 2 aromatic rings. The van der Waals surface area contributed by atoms with Gasteiger partial charge < -0.3 is 5.32 Å². The van der Waals surface area contributed by atoms with Crippen LogP contribution in [0.15, 0.2) is 41.9 Å². The van der Waals surface area contributed by atoms with Gasteiger partial charge in [-0.15, -0.1) is 0 Å². The molecule has 0 aliphatic carbocycles. The maximum atomic E-state index is 11.8. The summed E-state index contributed by atoms with van der Waals surface area (Å²) in [5, 5.41) is 23.2. The number of rotatable bonds is 4. The average Bonchev–Trinajstić information content (AvgIpc) is 2.58. The number of aromatic nitrogens is 3. The molecule has 22 heavy (non-hydrogen) atoms. The van der Waals surface area contributed by atoms with Crippen molar-refractivity contribution in [1.29, 1.82) is 10.5 Å². The predicted molar refractivity (Wildman–Crippen MR) is 76.5 cm³/mol. The molecule has 2 N–H and O–H groups in total. The number of carbonyl (C=O) groups is 1. The molecule has 106 valence electrons. The van der Waals surface area contributed by atoms with Gasteiger partial charge in [0.1, 0.15) is 18.0 Å². The molecular weight excluding hydrogens is 284 g/mol. The highest BCUT2D eigenvalue weighted by Crippen LogP contribution is 2.10. The standard InChI is InChI=1S/C13H8N8O/c14-6-10(7-15)21-20-9-2-3-11(18-8-9)19-13(22)12-16-4-1-5-17-12/h1-5,8,20H,(H,18,19,22). The molecule has 0 saturated carbocycles. The number of carbonyl (C=O) groups excluding carboxylic acids is 1. The summed E-state index contributed by atoms with van der Waals surface area (Å²) in [6.45, 7) is 0. The van der Waals surface area contributed by atoms with Crippen LogP contribution in [0.25, 0.3) is 0 Å². The lowest BCUT2D eigenvalue weighted by atomic mass is 10.4. The normalized spacial score (nSPS) is 9.00. The highest BCUT2D eigenvalue weighted by molar-refractivity contribution is 6.10. The minimum absolute atomic E-state index is 0.0313. The Morgan fingerprint density at radius 3 is 2.45 bits per heavy atom. The van der Waals surface area contributed by atoms with E-state index in [0.717, 1.165) is 0 Å². The molecule has 0 aliphatic rings. The molecule has 0 unspecified atom stereocenters. The third kappa shape index (κ3) is 3.82. The molecule has 0 fully saturated rings. The first-order chi connectivity index (χ1) is 10.7. The van der Waals surface area contributed by atoms with Gasteiger partial charge in [0.15, 0.2) is 0 Å². The maximum absolute atomic E-state index is 11.8. The molecule has 0 spiro atoms. The van der Waals surface area contributed by atoms with Gasteiger partial charge in [0.2, 0.25) is 11.5 Å². The zero-order chi connectivity index (χ0) is 15.8. The SMILES string of the molecule is N#CC(C#N)=NNc1ccc(NC(=O)c2ncccn2)nc1. The zero-order valence-corrected chi connectivity index (χ0v) is 11.1. The minimum atomic E-state index is -0.483. The van der Waals surface area contributed by atoms with Crippen molar-refractivity contribution < 1.29 is 4.79 Å². The lowest BCUT2D eigenvalue weighted by Crippen LogP contribution is -2.15. The molecule has 0 aliphatic heterocycles. The van der Waals surface area contributed by atoms with Gasteiger partial charge in [-0.3, -0.25) is 10.2 Å². The van der Waals surface area contributed by atoms with Crippen molar-refractivity contribution in [3.8, 4) is 12.1 Å². The zero-order valence-electron chi connectivity index (χ0n) is 11.1. The van der Waals surface area contributed by atoms with Crippen molar-refractivity contribution in [3.63, 3.8) is 0 Å². The van der Waals surface area contributed by atoms with Crippen LogP contribution in [-0.2, 0) is 0 Å². The largest absolute Gasteiger partial charge is 0.304 e. The van der Waals surface area contributed by atoms with Gasteiger partial charge in [-0.2, -0.15) is 15.6 Å². The van der Waals surface area contributed by atoms with E-state index in [1.165, 1.54) is 24.7 Å². The topological polar surface area (TPSA) is 140 Å². The first-order valence-corrected chi connectivity index (χ1v) is 5.91. The number of amides is 1. The summed E-state index contributed by atoms with van der Waals surface area (Å²) in [5.74, 6) is -0.153. The molecule has 2 aromatic heterocycles. The summed E-state index contributed by atoms with van der Waals surface area (Å²) in [4.78, 5) is 23.4. The van der Waals surface area contributed by atoms with Gasteiger partial charge in [0.25, 0.3) is 5.91 Å². The second kappa shape index (κ2) is 7.07. The van der Waals surface area contributed by atoms with E-state index in [0.29, 0.717) is 11.5 Å². The van der Waals surface area contributed by atoms with E-state index >= 15 is 0 Å². The van der Waals surface area contributed by atoms with Crippen LogP contribution in [0.3, 0.4) is 0 Å². The summed E-state index contributed by atoms with van der Waals surface area (Å²) < 4.78 is 0. The molecule has 9 nitrogen and oxygen atoms in total. The number of pyridine rings is 1. The van der Waals surface area contributed by atoms with E-state index in [4.69, 9.17) is 10.5 Å². The van der Waals surface area contributed by atoms with E-state index in [9.17, 15) is 4.79 Å². The van der Waals surface area contributed by atoms with Crippen molar-refractivity contribution in [2.75, 3.05) is 10.7 Å². The number of hydrogen-bond donors (Lipinski definition) is 2. The fourth-order valence-electron chi connectivity index (χ4n) is 1.32.